The Morgan fingerprint density at radius 1 is 0.464 bits per heavy atom. The van der Waals surface area contributed by atoms with E-state index in [0.29, 0.717) is 19.3 Å². The highest BCUT2D eigenvalue weighted by molar-refractivity contribution is 5.74. The predicted octanol–water partition coefficient (Wildman–Crippen LogP) is 13.9. The normalized spacial score (nSPS) is 18.8. The summed E-state index contributed by atoms with van der Waals surface area (Å²) < 4.78 is 28.3. The van der Waals surface area contributed by atoms with Gasteiger partial charge in [0.1, 0.15) is 18.8 Å². The van der Waals surface area contributed by atoms with Crippen molar-refractivity contribution < 1.29 is 58.2 Å². The molecule has 0 saturated carbocycles. The quantitative estimate of drug-likeness (QED) is 0.0228. The van der Waals surface area contributed by atoms with Gasteiger partial charge in [-0.25, -0.2) is 4.79 Å². The van der Waals surface area contributed by atoms with Crippen molar-refractivity contribution in [3.05, 3.63) is 24.3 Å². The molecule has 1 saturated heterocycles. The van der Waals surface area contributed by atoms with Gasteiger partial charge in [0.2, 0.25) is 0 Å². The topological polar surface area (TPSA) is 175 Å². The summed E-state index contributed by atoms with van der Waals surface area (Å²) in [6, 6.07) is 0. The van der Waals surface area contributed by atoms with E-state index >= 15 is 0 Å². The van der Waals surface area contributed by atoms with E-state index in [2.05, 4.69) is 45.1 Å². The van der Waals surface area contributed by atoms with Crippen LogP contribution in [0.25, 0.3) is 0 Å². The maximum absolute atomic E-state index is 13.1. The number of hydrogen-bond acceptors (Lipinski definition) is 11. The second-order valence-electron chi connectivity index (χ2n) is 19.6. The van der Waals surface area contributed by atoms with E-state index in [1.807, 2.05) is 0 Å². The van der Waals surface area contributed by atoms with Gasteiger partial charge >= 0.3 is 23.9 Å². The van der Waals surface area contributed by atoms with Gasteiger partial charge in [0.25, 0.3) is 0 Å². The molecule has 0 spiro atoms. The summed E-state index contributed by atoms with van der Waals surface area (Å²) in [6.45, 7) is 5.96. The first-order chi connectivity index (χ1) is 33.6. The van der Waals surface area contributed by atoms with Crippen molar-refractivity contribution in [3.63, 3.8) is 0 Å². The smallest absolute Gasteiger partial charge is 0.335 e. The summed E-state index contributed by atoms with van der Waals surface area (Å²) in [5.74, 6) is -3.12. The number of aliphatic carboxylic acids is 1. The lowest BCUT2D eigenvalue weighted by Crippen LogP contribution is -2.61. The number of carbonyl (C=O) groups excluding carboxylic acids is 3. The number of aliphatic hydroxyl groups excluding tert-OH is 2. The van der Waals surface area contributed by atoms with Crippen LogP contribution in [0.5, 0.6) is 0 Å². The number of rotatable bonds is 48. The van der Waals surface area contributed by atoms with Crippen LogP contribution in [0.1, 0.15) is 265 Å². The summed E-state index contributed by atoms with van der Waals surface area (Å²) in [7, 11) is 0. The number of allylic oxidation sites excluding steroid dienone is 4. The molecule has 0 aromatic rings. The molecule has 0 amide bonds. The Labute approximate surface area is 419 Å². The maximum atomic E-state index is 13.1. The molecule has 6 unspecified atom stereocenters. The average Bonchev–Trinajstić information content (AvgIpc) is 3.33. The van der Waals surface area contributed by atoms with Crippen molar-refractivity contribution in [1.29, 1.82) is 0 Å². The van der Waals surface area contributed by atoms with Crippen molar-refractivity contribution in [2.24, 2.45) is 0 Å². The van der Waals surface area contributed by atoms with Gasteiger partial charge in [0.05, 0.1) is 6.61 Å². The number of esters is 3. The number of carboxylic acids is 1. The van der Waals surface area contributed by atoms with Gasteiger partial charge in [0.15, 0.2) is 24.6 Å². The zero-order valence-corrected chi connectivity index (χ0v) is 44.1. The van der Waals surface area contributed by atoms with Crippen LogP contribution in [0.15, 0.2) is 24.3 Å². The monoisotopic (exact) mass is 979 g/mol. The summed E-state index contributed by atoms with van der Waals surface area (Å²) >= 11 is 0. The Morgan fingerprint density at radius 2 is 0.826 bits per heavy atom. The molecule has 0 radical (unpaired) electrons. The van der Waals surface area contributed by atoms with Crippen molar-refractivity contribution in [2.75, 3.05) is 13.2 Å². The molecule has 3 N–H and O–H groups in total. The second kappa shape index (κ2) is 46.3. The predicted molar refractivity (Wildman–Crippen MR) is 276 cm³/mol. The van der Waals surface area contributed by atoms with Gasteiger partial charge in [-0.15, -0.1) is 0 Å². The zero-order chi connectivity index (χ0) is 50.4. The number of unbranched alkanes of at least 4 members (excludes halogenated alkanes) is 30. The lowest BCUT2D eigenvalue weighted by Gasteiger charge is -2.40. The highest BCUT2D eigenvalue weighted by atomic mass is 16.7. The lowest BCUT2D eigenvalue weighted by atomic mass is 9.98. The fraction of sp³-hybridized carbons (Fsp3) is 0.860. The molecule has 69 heavy (non-hydrogen) atoms. The van der Waals surface area contributed by atoms with E-state index < -0.39 is 67.3 Å². The van der Waals surface area contributed by atoms with Crippen molar-refractivity contribution in [2.45, 2.75) is 302 Å². The Bertz CT molecular complexity index is 1300. The van der Waals surface area contributed by atoms with E-state index in [1.165, 1.54) is 109 Å². The third kappa shape index (κ3) is 36.7. The van der Waals surface area contributed by atoms with Gasteiger partial charge in [-0.1, -0.05) is 199 Å². The standard InChI is InChI=1S/C57H102O12/c1-4-7-10-13-16-19-22-24-25-27-30-33-36-39-42-45-51(60)68-55-53(62)52(61)54(56(63)64)69-57(55)66-47-48(67-50(59)44-41-38-35-32-28-21-18-15-12-9-6-3)46-65-49(58)43-40-37-34-31-29-26-23-20-17-14-11-8-5-2/h20,23-25,48,52-55,57,61-62H,4-19,21-22,26-47H2,1-3H3,(H,63,64)/b23-20-,25-24-. The highest BCUT2D eigenvalue weighted by Crippen LogP contribution is 2.26. The molecule has 1 fully saturated rings. The van der Waals surface area contributed by atoms with Gasteiger partial charge in [-0.05, 0) is 70.6 Å². The van der Waals surface area contributed by atoms with E-state index in [1.54, 1.807) is 0 Å². The molecule has 1 heterocycles. The van der Waals surface area contributed by atoms with Gasteiger partial charge in [-0.2, -0.15) is 0 Å². The summed E-state index contributed by atoms with van der Waals surface area (Å²) in [6.07, 6.45) is 38.7. The SMILES string of the molecule is CCCCCC/C=C\CCCCCCCC(=O)OCC(COC1OC(C(=O)O)C(O)C(O)C1OC(=O)CCCCCCC/C=C\CCCCCCCC)OC(=O)CCCCCCCCCCCCC. The Morgan fingerprint density at radius 3 is 1.25 bits per heavy atom. The van der Waals surface area contributed by atoms with Crippen LogP contribution < -0.4 is 0 Å². The lowest BCUT2D eigenvalue weighted by molar-refractivity contribution is -0.301. The van der Waals surface area contributed by atoms with E-state index in [9.17, 15) is 34.5 Å². The largest absolute Gasteiger partial charge is 0.479 e. The Hall–Kier alpha value is -2.80. The minimum Gasteiger partial charge on any atom is -0.479 e. The minimum atomic E-state index is -1.90. The molecule has 1 rings (SSSR count). The number of aliphatic hydroxyl groups is 2. The molecular formula is C57H102O12. The molecule has 402 valence electrons. The van der Waals surface area contributed by atoms with Crippen LogP contribution in [-0.4, -0.2) is 89.2 Å². The van der Waals surface area contributed by atoms with Gasteiger partial charge in [-0.3, -0.25) is 14.4 Å². The number of ether oxygens (including phenoxy) is 5. The highest BCUT2D eigenvalue weighted by Gasteiger charge is 2.50. The van der Waals surface area contributed by atoms with Crippen LogP contribution in [0.2, 0.25) is 0 Å². The molecule has 12 heteroatoms. The van der Waals surface area contributed by atoms with Gasteiger partial charge in [0, 0.05) is 19.3 Å². The molecule has 0 aromatic heterocycles. The van der Waals surface area contributed by atoms with Crippen LogP contribution in [-0.2, 0) is 42.9 Å². The zero-order valence-electron chi connectivity index (χ0n) is 44.1. The first kappa shape index (κ1) is 64.2. The second-order valence-corrected chi connectivity index (χ2v) is 19.6. The number of hydrogen-bond donors (Lipinski definition) is 3. The third-order valence-electron chi connectivity index (χ3n) is 13.0. The van der Waals surface area contributed by atoms with Crippen LogP contribution >= 0.6 is 0 Å². The number of carbonyl (C=O) groups is 4. The summed E-state index contributed by atoms with van der Waals surface area (Å²) in [5.41, 5.74) is 0. The number of carboxylic acid groups (broad SMARTS) is 1. The third-order valence-corrected chi connectivity index (χ3v) is 13.0. The molecule has 1 aliphatic heterocycles. The average molecular weight is 979 g/mol. The van der Waals surface area contributed by atoms with Crippen molar-refractivity contribution in [1.82, 2.24) is 0 Å². The Kier molecular flexibility index (Phi) is 43.1. The van der Waals surface area contributed by atoms with Crippen LogP contribution in [0.4, 0.5) is 0 Å². The molecule has 6 atom stereocenters. The van der Waals surface area contributed by atoms with Crippen molar-refractivity contribution in [3.8, 4) is 0 Å². The fourth-order valence-corrected chi connectivity index (χ4v) is 8.59. The minimum absolute atomic E-state index is 0.0540. The Balaban J connectivity index is 2.70. The molecule has 0 aromatic carbocycles. The van der Waals surface area contributed by atoms with Gasteiger partial charge < -0.3 is 39.0 Å². The summed E-state index contributed by atoms with van der Waals surface area (Å²) in [5, 5.41) is 31.4. The van der Waals surface area contributed by atoms with Crippen LogP contribution in [0, 0.1) is 0 Å². The first-order valence-corrected chi connectivity index (χ1v) is 28.3. The fourth-order valence-electron chi connectivity index (χ4n) is 8.59. The first-order valence-electron chi connectivity index (χ1n) is 28.3. The van der Waals surface area contributed by atoms with E-state index in [4.69, 9.17) is 23.7 Å². The molecular weight excluding hydrogens is 877 g/mol. The molecule has 0 aliphatic carbocycles. The van der Waals surface area contributed by atoms with Crippen LogP contribution in [0.3, 0.4) is 0 Å². The summed E-state index contributed by atoms with van der Waals surface area (Å²) in [4.78, 5) is 50.9. The maximum Gasteiger partial charge on any atom is 0.335 e. The molecule has 12 nitrogen and oxygen atoms in total. The van der Waals surface area contributed by atoms with Crippen molar-refractivity contribution >= 4 is 23.9 Å². The van der Waals surface area contributed by atoms with E-state index in [-0.39, 0.29) is 25.9 Å². The van der Waals surface area contributed by atoms with E-state index in [0.717, 1.165) is 96.3 Å². The molecule has 0 bridgehead atoms. The molecule has 1 aliphatic rings.